The Kier molecular flexibility index (Phi) is 3.98. The van der Waals surface area contributed by atoms with Gasteiger partial charge in [-0.15, -0.1) is 0 Å². The highest BCUT2D eigenvalue weighted by molar-refractivity contribution is 6.17. The minimum atomic E-state index is -0.268. The molecule has 0 bridgehead atoms. The van der Waals surface area contributed by atoms with Crippen molar-refractivity contribution in [2.45, 2.75) is 13.5 Å². The Hall–Kier alpha value is -3.07. The van der Waals surface area contributed by atoms with E-state index < -0.39 is 0 Å². The van der Waals surface area contributed by atoms with Crippen molar-refractivity contribution in [3.63, 3.8) is 0 Å². The number of rotatable bonds is 4. The molecule has 124 valence electrons. The van der Waals surface area contributed by atoms with Gasteiger partial charge in [-0.05, 0) is 30.7 Å². The lowest BCUT2D eigenvalue weighted by atomic mass is 10.1. The number of carbonyl (C=O) groups excluding carboxylic acids is 1. The van der Waals surface area contributed by atoms with Crippen LogP contribution in [0.2, 0.25) is 0 Å². The van der Waals surface area contributed by atoms with Gasteiger partial charge in [-0.3, -0.25) is 0 Å². The molecule has 3 nitrogen and oxygen atoms in total. The third-order valence-electron chi connectivity index (χ3n) is 4.48. The standard InChI is InChI=1S/C22H19NO2/c1-2-25-22(24)18-12-8-14-20-21(18)17-11-6-7-13-19(17)23(20)15-16-9-4-3-5-10-16/h3-14H,2,15H2,1H3. The smallest absolute Gasteiger partial charge is 0.338 e. The molecule has 3 aromatic carbocycles. The average Bonchev–Trinajstić information content (AvgIpc) is 2.97. The monoisotopic (exact) mass is 329 g/mol. The molecule has 0 atom stereocenters. The van der Waals surface area contributed by atoms with Crippen molar-refractivity contribution < 1.29 is 9.53 Å². The highest BCUT2D eigenvalue weighted by Crippen LogP contribution is 2.32. The predicted octanol–water partition coefficient (Wildman–Crippen LogP) is 5.02. The van der Waals surface area contributed by atoms with E-state index in [1.54, 1.807) is 0 Å². The summed E-state index contributed by atoms with van der Waals surface area (Å²) in [5.41, 5.74) is 4.03. The highest BCUT2D eigenvalue weighted by atomic mass is 16.5. The minimum Gasteiger partial charge on any atom is -0.462 e. The van der Waals surface area contributed by atoms with Gasteiger partial charge in [0.05, 0.1) is 17.7 Å². The zero-order valence-electron chi connectivity index (χ0n) is 14.1. The number of hydrogen-bond donors (Lipinski definition) is 0. The van der Waals surface area contributed by atoms with Crippen molar-refractivity contribution in [3.05, 3.63) is 83.9 Å². The largest absolute Gasteiger partial charge is 0.462 e. The van der Waals surface area contributed by atoms with Crippen molar-refractivity contribution in [2.24, 2.45) is 0 Å². The maximum atomic E-state index is 12.4. The lowest BCUT2D eigenvalue weighted by Crippen LogP contribution is -2.05. The van der Waals surface area contributed by atoms with Gasteiger partial charge in [-0.2, -0.15) is 0 Å². The third-order valence-corrected chi connectivity index (χ3v) is 4.48. The summed E-state index contributed by atoms with van der Waals surface area (Å²) in [4.78, 5) is 12.4. The molecule has 0 saturated carbocycles. The SMILES string of the molecule is CCOC(=O)c1cccc2c1c1ccccc1n2Cc1ccccc1. The van der Waals surface area contributed by atoms with Gasteiger partial charge in [0.25, 0.3) is 0 Å². The second-order valence-corrected chi connectivity index (χ2v) is 6.01. The molecule has 0 saturated heterocycles. The van der Waals surface area contributed by atoms with Crippen LogP contribution in [0.3, 0.4) is 0 Å². The maximum Gasteiger partial charge on any atom is 0.338 e. The molecule has 0 radical (unpaired) electrons. The van der Waals surface area contributed by atoms with Gasteiger partial charge in [0, 0.05) is 22.8 Å². The van der Waals surface area contributed by atoms with E-state index in [1.807, 2.05) is 49.4 Å². The van der Waals surface area contributed by atoms with Crippen LogP contribution in [0.5, 0.6) is 0 Å². The summed E-state index contributed by atoms with van der Waals surface area (Å²) in [6.07, 6.45) is 0. The number of fused-ring (bicyclic) bond motifs is 3. The highest BCUT2D eigenvalue weighted by Gasteiger charge is 2.18. The summed E-state index contributed by atoms with van der Waals surface area (Å²) in [6.45, 7) is 2.96. The van der Waals surface area contributed by atoms with E-state index in [1.165, 1.54) is 5.56 Å². The fourth-order valence-electron chi connectivity index (χ4n) is 3.41. The lowest BCUT2D eigenvalue weighted by molar-refractivity contribution is 0.0529. The molecule has 0 aliphatic carbocycles. The van der Waals surface area contributed by atoms with Crippen LogP contribution in [0.25, 0.3) is 21.8 Å². The molecule has 25 heavy (non-hydrogen) atoms. The normalized spacial score (nSPS) is 11.1. The molecule has 0 N–H and O–H groups in total. The molecule has 0 fully saturated rings. The van der Waals surface area contributed by atoms with Gasteiger partial charge in [0.15, 0.2) is 0 Å². The van der Waals surface area contributed by atoms with E-state index in [0.29, 0.717) is 12.2 Å². The molecule has 0 unspecified atom stereocenters. The molecule has 4 rings (SSSR count). The first kappa shape index (κ1) is 15.5. The second-order valence-electron chi connectivity index (χ2n) is 6.01. The number of nitrogens with zero attached hydrogens (tertiary/aromatic N) is 1. The van der Waals surface area contributed by atoms with E-state index in [-0.39, 0.29) is 5.97 Å². The van der Waals surface area contributed by atoms with Crippen LogP contribution in [-0.2, 0) is 11.3 Å². The number of hydrogen-bond acceptors (Lipinski definition) is 2. The maximum absolute atomic E-state index is 12.4. The number of carbonyl (C=O) groups is 1. The minimum absolute atomic E-state index is 0.268. The lowest BCUT2D eigenvalue weighted by Gasteiger charge is -2.08. The van der Waals surface area contributed by atoms with Crippen LogP contribution in [0.15, 0.2) is 72.8 Å². The third kappa shape index (κ3) is 2.68. The van der Waals surface area contributed by atoms with Crippen LogP contribution >= 0.6 is 0 Å². The zero-order valence-corrected chi connectivity index (χ0v) is 14.1. The Balaban J connectivity index is 1.99. The van der Waals surface area contributed by atoms with E-state index >= 15 is 0 Å². The number of aromatic nitrogens is 1. The summed E-state index contributed by atoms with van der Waals surface area (Å²) in [6, 6.07) is 24.4. The summed E-state index contributed by atoms with van der Waals surface area (Å²) >= 11 is 0. The first-order valence-electron chi connectivity index (χ1n) is 8.50. The number of esters is 1. The van der Waals surface area contributed by atoms with Crippen molar-refractivity contribution in [2.75, 3.05) is 6.61 Å². The number of para-hydroxylation sites is 1. The summed E-state index contributed by atoms with van der Waals surface area (Å²) in [5.74, 6) is -0.268. The van der Waals surface area contributed by atoms with Gasteiger partial charge in [-0.1, -0.05) is 54.6 Å². The Morgan fingerprint density at radius 1 is 0.880 bits per heavy atom. The molecule has 3 heteroatoms. The molecule has 4 aromatic rings. The van der Waals surface area contributed by atoms with E-state index in [4.69, 9.17) is 4.74 Å². The molecular formula is C22H19NO2. The van der Waals surface area contributed by atoms with Crippen molar-refractivity contribution in [1.29, 1.82) is 0 Å². The number of ether oxygens (including phenoxy) is 1. The van der Waals surface area contributed by atoms with Crippen molar-refractivity contribution in [3.8, 4) is 0 Å². The molecule has 0 aliphatic rings. The molecule has 0 amide bonds. The van der Waals surface area contributed by atoms with Crippen LogP contribution in [-0.4, -0.2) is 17.1 Å². The van der Waals surface area contributed by atoms with Crippen LogP contribution in [0.4, 0.5) is 0 Å². The van der Waals surface area contributed by atoms with Gasteiger partial charge < -0.3 is 9.30 Å². The fraction of sp³-hybridized carbons (Fsp3) is 0.136. The quantitative estimate of drug-likeness (QED) is 0.492. The average molecular weight is 329 g/mol. The Morgan fingerprint density at radius 2 is 1.60 bits per heavy atom. The first-order valence-corrected chi connectivity index (χ1v) is 8.50. The van der Waals surface area contributed by atoms with Crippen LogP contribution < -0.4 is 0 Å². The summed E-state index contributed by atoms with van der Waals surface area (Å²) < 4.78 is 7.53. The van der Waals surface area contributed by atoms with E-state index in [9.17, 15) is 4.79 Å². The van der Waals surface area contributed by atoms with E-state index in [0.717, 1.165) is 28.4 Å². The van der Waals surface area contributed by atoms with Crippen molar-refractivity contribution >= 4 is 27.8 Å². The number of benzene rings is 3. The zero-order chi connectivity index (χ0) is 17.2. The van der Waals surface area contributed by atoms with Crippen molar-refractivity contribution in [1.82, 2.24) is 4.57 Å². The molecule has 1 aromatic heterocycles. The van der Waals surface area contributed by atoms with Crippen LogP contribution in [0, 0.1) is 0 Å². The second kappa shape index (κ2) is 6.44. The Labute approximate surface area is 146 Å². The summed E-state index contributed by atoms with van der Waals surface area (Å²) in [7, 11) is 0. The Morgan fingerprint density at radius 3 is 2.40 bits per heavy atom. The fourth-order valence-corrected chi connectivity index (χ4v) is 3.41. The van der Waals surface area contributed by atoms with Gasteiger partial charge in [0.1, 0.15) is 0 Å². The molecule has 1 heterocycles. The molecule has 0 spiro atoms. The first-order chi connectivity index (χ1) is 12.3. The molecular weight excluding hydrogens is 310 g/mol. The van der Waals surface area contributed by atoms with Gasteiger partial charge in [-0.25, -0.2) is 4.79 Å². The molecule has 0 aliphatic heterocycles. The topological polar surface area (TPSA) is 31.2 Å². The predicted molar refractivity (Wildman–Crippen MR) is 101 cm³/mol. The van der Waals surface area contributed by atoms with Crippen LogP contribution in [0.1, 0.15) is 22.8 Å². The van der Waals surface area contributed by atoms with Gasteiger partial charge >= 0.3 is 5.97 Å². The Bertz CT molecular complexity index is 1050. The summed E-state index contributed by atoms with van der Waals surface area (Å²) in [5, 5.41) is 2.05. The van der Waals surface area contributed by atoms with E-state index in [2.05, 4.69) is 34.9 Å². The van der Waals surface area contributed by atoms with Gasteiger partial charge in [0.2, 0.25) is 0 Å².